The first-order chi connectivity index (χ1) is 6.90. The van der Waals surface area contributed by atoms with Crippen molar-refractivity contribution in [2.75, 3.05) is 7.11 Å². The lowest BCUT2D eigenvalue weighted by Gasteiger charge is -2.14. The van der Waals surface area contributed by atoms with Gasteiger partial charge in [0.15, 0.2) is 0 Å². The maximum absolute atomic E-state index is 5.50. The van der Waals surface area contributed by atoms with E-state index in [1.807, 2.05) is 18.4 Å². The standard InChI is InChI=1S/C12H12O2/c1-13-10-5-6-11-12-8(7-14-11)3-2-4-9(10)12/h5-7H,2-4H2,1H3. The van der Waals surface area contributed by atoms with E-state index in [-0.39, 0.29) is 0 Å². The number of ether oxygens (including phenoxy) is 1. The van der Waals surface area contributed by atoms with Crippen molar-refractivity contribution in [2.45, 2.75) is 19.3 Å². The fourth-order valence-corrected chi connectivity index (χ4v) is 2.33. The SMILES string of the molecule is COc1ccc2occ3c2c1CCC3. The van der Waals surface area contributed by atoms with E-state index in [0.29, 0.717) is 0 Å². The molecule has 0 amide bonds. The minimum atomic E-state index is 0.996. The van der Waals surface area contributed by atoms with Crippen LogP contribution in [0.5, 0.6) is 5.75 Å². The molecule has 1 aliphatic rings. The van der Waals surface area contributed by atoms with Gasteiger partial charge in [0.05, 0.1) is 13.4 Å². The number of rotatable bonds is 1. The van der Waals surface area contributed by atoms with Crippen LogP contribution < -0.4 is 4.74 Å². The Labute approximate surface area is 82.5 Å². The molecule has 0 spiro atoms. The molecule has 0 fully saturated rings. The molecule has 0 aliphatic heterocycles. The maximum atomic E-state index is 5.50. The van der Waals surface area contributed by atoms with Crippen LogP contribution in [0.15, 0.2) is 22.8 Å². The van der Waals surface area contributed by atoms with Crippen molar-refractivity contribution in [2.24, 2.45) is 0 Å². The second-order valence-corrected chi connectivity index (χ2v) is 3.73. The van der Waals surface area contributed by atoms with E-state index in [2.05, 4.69) is 0 Å². The zero-order valence-electron chi connectivity index (χ0n) is 8.17. The molecule has 2 aromatic rings. The normalized spacial score (nSPS) is 14.6. The summed E-state index contributed by atoms with van der Waals surface area (Å²) in [6.07, 6.45) is 5.31. The Kier molecular flexibility index (Phi) is 1.57. The lowest BCUT2D eigenvalue weighted by Crippen LogP contribution is -2.00. The Hall–Kier alpha value is -1.44. The van der Waals surface area contributed by atoms with Crippen molar-refractivity contribution < 1.29 is 9.15 Å². The molecular formula is C12H12O2. The predicted molar refractivity (Wildman–Crippen MR) is 54.8 cm³/mol. The van der Waals surface area contributed by atoms with Gasteiger partial charge in [0, 0.05) is 10.9 Å². The smallest absolute Gasteiger partial charge is 0.134 e. The molecular weight excluding hydrogens is 176 g/mol. The summed E-state index contributed by atoms with van der Waals surface area (Å²) in [6.45, 7) is 0. The van der Waals surface area contributed by atoms with Crippen molar-refractivity contribution in [3.05, 3.63) is 29.5 Å². The fraction of sp³-hybridized carbons (Fsp3) is 0.333. The minimum Gasteiger partial charge on any atom is -0.496 e. The van der Waals surface area contributed by atoms with E-state index < -0.39 is 0 Å². The van der Waals surface area contributed by atoms with Crippen molar-refractivity contribution in [3.63, 3.8) is 0 Å². The van der Waals surface area contributed by atoms with Gasteiger partial charge in [0.1, 0.15) is 11.3 Å². The molecule has 3 rings (SSSR count). The van der Waals surface area contributed by atoms with Crippen molar-refractivity contribution in [1.29, 1.82) is 0 Å². The zero-order chi connectivity index (χ0) is 9.54. The third-order valence-electron chi connectivity index (χ3n) is 2.97. The van der Waals surface area contributed by atoms with Gasteiger partial charge in [-0.15, -0.1) is 0 Å². The summed E-state index contributed by atoms with van der Waals surface area (Å²) in [5.74, 6) is 1.000. The molecule has 0 unspecified atom stereocenters. The number of furan rings is 1. The predicted octanol–water partition coefficient (Wildman–Crippen LogP) is 2.93. The van der Waals surface area contributed by atoms with Crippen LogP contribution >= 0.6 is 0 Å². The summed E-state index contributed by atoms with van der Waals surface area (Å²) in [7, 11) is 1.73. The van der Waals surface area contributed by atoms with Crippen LogP contribution in [0, 0.1) is 0 Å². The topological polar surface area (TPSA) is 22.4 Å². The first kappa shape index (κ1) is 7.92. The van der Waals surface area contributed by atoms with Crippen molar-refractivity contribution >= 4 is 11.0 Å². The highest BCUT2D eigenvalue weighted by atomic mass is 16.5. The second kappa shape index (κ2) is 2.77. The van der Waals surface area contributed by atoms with Crippen molar-refractivity contribution in [3.8, 4) is 5.75 Å². The van der Waals surface area contributed by atoms with Gasteiger partial charge >= 0.3 is 0 Å². The molecule has 14 heavy (non-hydrogen) atoms. The van der Waals surface area contributed by atoms with Gasteiger partial charge in [-0.05, 0) is 37.0 Å². The Balaban J connectivity index is 2.41. The molecule has 0 atom stereocenters. The molecule has 1 heterocycles. The van der Waals surface area contributed by atoms with Gasteiger partial charge in [0.25, 0.3) is 0 Å². The van der Waals surface area contributed by atoms with Gasteiger partial charge in [-0.25, -0.2) is 0 Å². The highest BCUT2D eigenvalue weighted by Crippen LogP contribution is 2.36. The van der Waals surface area contributed by atoms with Crippen molar-refractivity contribution in [1.82, 2.24) is 0 Å². The summed E-state index contributed by atoms with van der Waals surface area (Å²) in [6, 6.07) is 3.99. The fourth-order valence-electron chi connectivity index (χ4n) is 2.33. The molecule has 0 bridgehead atoms. The quantitative estimate of drug-likeness (QED) is 0.686. The number of aryl methyl sites for hydroxylation is 2. The van der Waals surface area contributed by atoms with Gasteiger partial charge in [-0.1, -0.05) is 0 Å². The molecule has 1 aromatic carbocycles. The summed E-state index contributed by atoms with van der Waals surface area (Å²) in [4.78, 5) is 0. The Morgan fingerprint density at radius 3 is 3.07 bits per heavy atom. The Morgan fingerprint density at radius 2 is 2.21 bits per heavy atom. The van der Waals surface area contributed by atoms with Crippen LogP contribution in [0.25, 0.3) is 11.0 Å². The molecule has 1 aromatic heterocycles. The molecule has 0 saturated carbocycles. The lowest BCUT2D eigenvalue weighted by atomic mass is 9.92. The summed E-state index contributed by atoms with van der Waals surface area (Å²) >= 11 is 0. The van der Waals surface area contributed by atoms with Crippen LogP contribution in [-0.2, 0) is 12.8 Å². The molecule has 2 heteroatoms. The van der Waals surface area contributed by atoms with E-state index in [9.17, 15) is 0 Å². The largest absolute Gasteiger partial charge is 0.496 e. The van der Waals surface area contributed by atoms with Crippen LogP contribution in [0.1, 0.15) is 17.5 Å². The summed E-state index contributed by atoms with van der Waals surface area (Å²) in [5.41, 5.74) is 3.65. The molecule has 72 valence electrons. The third kappa shape index (κ3) is 0.910. The van der Waals surface area contributed by atoms with Gasteiger partial charge < -0.3 is 9.15 Å². The third-order valence-corrected chi connectivity index (χ3v) is 2.97. The number of hydrogen-bond acceptors (Lipinski definition) is 2. The second-order valence-electron chi connectivity index (χ2n) is 3.73. The first-order valence-electron chi connectivity index (χ1n) is 4.96. The Morgan fingerprint density at radius 1 is 1.29 bits per heavy atom. The highest BCUT2D eigenvalue weighted by molar-refractivity contribution is 5.87. The lowest BCUT2D eigenvalue weighted by molar-refractivity contribution is 0.409. The molecule has 2 nitrogen and oxygen atoms in total. The number of benzene rings is 1. The maximum Gasteiger partial charge on any atom is 0.134 e. The van der Waals surface area contributed by atoms with Crippen LogP contribution in [0.2, 0.25) is 0 Å². The van der Waals surface area contributed by atoms with E-state index in [4.69, 9.17) is 9.15 Å². The highest BCUT2D eigenvalue weighted by Gasteiger charge is 2.18. The van der Waals surface area contributed by atoms with E-state index in [1.54, 1.807) is 7.11 Å². The van der Waals surface area contributed by atoms with Gasteiger partial charge in [0.2, 0.25) is 0 Å². The van der Waals surface area contributed by atoms with Gasteiger partial charge in [-0.3, -0.25) is 0 Å². The van der Waals surface area contributed by atoms with Gasteiger partial charge in [-0.2, -0.15) is 0 Å². The average molecular weight is 188 g/mol. The van der Waals surface area contributed by atoms with E-state index in [0.717, 1.165) is 24.2 Å². The van der Waals surface area contributed by atoms with E-state index in [1.165, 1.54) is 22.9 Å². The summed E-state index contributed by atoms with van der Waals surface area (Å²) in [5, 5.41) is 1.29. The summed E-state index contributed by atoms with van der Waals surface area (Å²) < 4.78 is 10.9. The van der Waals surface area contributed by atoms with Crippen LogP contribution in [0.3, 0.4) is 0 Å². The molecule has 0 radical (unpaired) electrons. The monoisotopic (exact) mass is 188 g/mol. The Bertz CT molecular complexity index is 482. The number of hydrogen-bond donors (Lipinski definition) is 0. The average Bonchev–Trinajstić information content (AvgIpc) is 2.65. The molecule has 1 aliphatic carbocycles. The number of methoxy groups -OCH3 is 1. The first-order valence-corrected chi connectivity index (χ1v) is 4.96. The van der Waals surface area contributed by atoms with Crippen LogP contribution in [0.4, 0.5) is 0 Å². The minimum absolute atomic E-state index is 0.996. The van der Waals surface area contributed by atoms with Crippen LogP contribution in [-0.4, -0.2) is 7.11 Å². The van der Waals surface area contributed by atoms with E-state index >= 15 is 0 Å². The molecule has 0 saturated heterocycles. The molecule has 0 N–H and O–H groups in total. The zero-order valence-corrected chi connectivity index (χ0v) is 8.17.